The molecule has 0 radical (unpaired) electrons. The highest BCUT2D eigenvalue weighted by Gasteiger charge is 2.40. The van der Waals surface area contributed by atoms with Gasteiger partial charge in [0.1, 0.15) is 0 Å². The van der Waals surface area contributed by atoms with Crippen molar-refractivity contribution in [3.05, 3.63) is 0 Å². The zero-order chi connectivity index (χ0) is 26.5. The van der Waals surface area contributed by atoms with E-state index in [1.54, 1.807) is 0 Å². The van der Waals surface area contributed by atoms with Gasteiger partial charge in [-0.1, -0.05) is 27.7 Å². The van der Waals surface area contributed by atoms with Gasteiger partial charge in [-0.25, -0.2) is 0 Å². The summed E-state index contributed by atoms with van der Waals surface area (Å²) in [5.74, 6) is 0. The van der Waals surface area contributed by atoms with Gasteiger partial charge >= 0.3 is 0 Å². The molecule has 200 valence electrons. The average Bonchev–Trinajstić information content (AvgIpc) is 2.49. The summed E-state index contributed by atoms with van der Waals surface area (Å²) in [7, 11) is 0. The molecule has 0 heterocycles. The van der Waals surface area contributed by atoms with Crippen molar-refractivity contribution < 1.29 is 0 Å². The first kappa shape index (κ1) is 32.8. The average molecular weight is 469 g/mol. The highest BCUT2D eigenvalue weighted by atomic mass is 15.2. The minimum absolute atomic E-state index is 0.0177. The molecule has 33 heavy (non-hydrogen) atoms. The van der Waals surface area contributed by atoms with Crippen LogP contribution in [0, 0.1) is 0 Å². The molecule has 0 aliphatic heterocycles. The monoisotopic (exact) mass is 469 g/mol. The molecule has 0 bridgehead atoms. The predicted octanol–water partition coefficient (Wildman–Crippen LogP) is 6.69. The highest BCUT2D eigenvalue weighted by molar-refractivity contribution is 5.01. The van der Waals surface area contributed by atoms with E-state index in [4.69, 9.17) is 0 Å². The van der Waals surface area contributed by atoms with Crippen LogP contribution in [0.1, 0.15) is 130 Å². The summed E-state index contributed by atoms with van der Waals surface area (Å²) in [6.07, 6.45) is 3.29. The van der Waals surface area contributed by atoms with Gasteiger partial charge in [0.05, 0.1) is 0 Å². The molecule has 0 fully saturated rings. The van der Waals surface area contributed by atoms with Gasteiger partial charge in [0.2, 0.25) is 0 Å². The Morgan fingerprint density at radius 1 is 0.394 bits per heavy atom. The molecule has 0 aromatic carbocycles. The predicted molar refractivity (Wildman–Crippen MR) is 150 cm³/mol. The van der Waals surface area contributed by atoms with Gasteiger partial charge in [-0.15, -0.1) is 0 Å². The molecule has 0 saturated heterocycles. The Kier molecular flexibility index (Phi) is 11.7. The van der Waals surface area contributed by atoms with Crippen molar-refractivity contribution in [2.75, 3.05) is 26.2 Å². The number of rotatable bonds is 16. The zero-order valence-corrected chi connectivity index (χ0v) is 25.8. The molecule has 0 saturated carbocycles. The highest BCUT2D eigenvalue weighted by Crippen LogP contribution is 2.32. The van der Waals surface area contributed by atoms with E-state index in [0.29, 0.717) is 0 Å². The maximum atomic E-state index is 4.04. The molecule has 0 atom stereocenters. The Morgan fingerprint density at radius 2 is 0.606 bits per heavy atom. The Labute approximate surface area is 210 Å². The fraction of sp³-hybridized carbons (Fsp3) is 1.00. The minimum atomic E-state index is 0.0177. The zero-order valence-electron chi connectivity index (χ0n) is 25.8. The van der Waals surface area contributed by atoms with Gasteiger partial charge in [-0.05, 0) is 129 Å². The lowest BCUT2D eigenvalue weighted by molar-refractivity contribution is 0.0702. The molecule has 0 aromatic rings. The van der Waals surface area contributed by atoms with Crippen LogP contribution < -0.4 is 10.6 Å². The van der Waals surface area contributed by atoms with Crippen molar-refractivity contribution in [2.24, 2.45) is 0 Å². The van der Waals surface area contributed by atoms with Crippen LogP contribution in [0.4, 0.5) is 0 Å². The molecule has 0 aromatic heterocycles. The quantitative estimate of drug-likeness (QED) is 0.264. The molecule has 2 N–H and O–H groups in total. The van der Waals surface area contributed by atoms with Gasteiger partial charge < -0.3 is 10.6 Å². The van der Waals surface area contributed by atoms with Crippen LogP contribution in [0.25, 0.3) is 0 Å². The summed E-state index contributed by atoms with van der Waals surface area (Å²) in [5, 5.41) is 8.09. The standard InChI is InChI=1S/C29H64N4/c1-17-32(18-2)28(13,14)22-26(9,10)30-24(5,6)21-25(7,8)31-27(11,12)23-29(15,16)33(19-3)20-4/h30-31H,17-23H2,1-16H3. The first-order valence-electron chi connectivity index (χ1n) is 13.7. The van der Waals surface area contributed by atoms with Gasteiger partial charge in [-0.2, -0.15) is 0 Å². The summed E-state index contributed by atoms with van der Waals surface area (Å²) in [6, 6.07) is 0. The first-order chi connectivity index (χ1) is 14.6. The molecule has 4 heteroatoms. The summed E-state index contributed by atoms with van der Waals surface area (Å²) in [5.41, 5.74) is 0.467. The van der Waals surface area contributed by atoms with Crippen molar-refractivity contribution in [3.8, 4) is 0 Å². The van der Waals surface area contributed by atoms with Crippen LogP contribution in [0.3, 0.4) is 0 Å². The molecule has 0 aliphatic rings. The lowest BCUT2D eigenvalue weighted by atomic mass is 9.78. The lowest BCUT2D eigenvalue weighted by Gasteiger charge is -2.49. The fourth-order valence-electron chi connectivity index (χ4n) is 7.66. The first-order valence-corrected chi connectivity index (χ1v) is 13.7. The van der Waals surface area contributed by atoms with Crippen molar-refractivity contribution in [3.63, 3.8) is 0 Å². The third kappa shape index (κ3) is 11.4. The van der Waals surface area contributed by atoms with Crippen molar-refractivity contribution in [1.82, 2.24) is 20.4 Å². The molecule has 0 rings (SSSR count). The van der Waals surface area contributed by atoms with Crippen LogP contribution >= 0.6 is 0 Å². The fourth-order valence-corrected chi connectivity index (χ4v) is 7.66. The smallest absolute Gasteiger partial charge is 0.0170 e. The summed E-state index contributed by atoms with van der Waals surface area (Å²) >= 11 is 0. The molecular formula is C29H64N4. The summed E-state index contributed by atoms with van der Waals surface area (Å²) < 4.78 is 0. The number of hydrogen-bond donors (Lipinski definition) is 2. The number of hydrogen-bond acceptors (Lipinski definition) is 4. The van der Waals surface area contributed by atoms with E-state index in [1.807, 2.05) is 0 Å². The molecular weight excluding hydrogens is 404 g/mol. The van der Waals surface area contributed by atoms with Gasteiger partial charge in [-0.3, -0.25) is 9.80 Å². The molecule has 0 spiro atoms. The van der Waals surface area contributed by atoms with E-state index in [0.717, 1.165) is 45.4 Å². The van der Waals surface area contributed by atoms with E-state index < -0.39 is 0 Å². The molecule has 0 unspecified atom stereocenters. The number of nitrogens with one attached hydrogen (secondary N) is 2. The normalized spacial score (nSPS) is 15.1. The number of nitrogens with zero attached hydrogens (tertiary/aromatic N) is 2. The summed E-state index contributed by atoms with van der Waals surface area (Å²) in [6.45, 7) is 42.0. The van der Waals surface area contributed by atoms with Crippen LogP contribution in [-0.4, -0.2) is 69.2 Å². The SMILES string of the molecule is CCN(CC)C(C)(C)CC(C)(C)NC(C)(C)CC(C)(C)NC(C)(C)CC(C)(C)N(CC)CC. The van der Waals surface area contributed by atoms with E-state index in [1.165, 1.54) is 0 Å². The third-order valence-electron chi connectivity index (χ3n) is 7.23. The van der Waals surface area contributed by atoms with Crippen molar-refractivity contribution >= 4 is 0 Å². The molecule has 4 nitrogen and oxygen atoms in total. The second kappa shape index (κ2) is 11.7. The topological polar surface area (TPSA) is 30.5 Å². The van der Waals surface area contributed by atoms with E-state index in [9.17, 15) is 0 Å². The second-order valence-electron chi connectivity index (χ2n) is 14.3. The Morgan fingerprint density at radius 3 is 0.818 bits per heavy atom. The summed E-state index contributed by atoms with van der Waals surface area (Å²) in [4.78, 5) is 5.16. The largest absolute Gasteiger partial charge is 0.307 e. The van der Waals surface area contributed by atoms with Gasteiger partial charge in [0.15, 0.2) is 0 Å². The lowest BCUT2D eigenvalue weighted by Crippen LogP contribution is -2.62. The van der Waals surface area contributed by atoms with Gasteiger partial charge in [0, 0.05) is 33.2 Å². The molecule has 0 aliphatic carbocycles. The Hall–Kier alpha value is -0.160. The third-order valence-corrected chi connectivity index (χ3v) is 7.23. The minimum Gasteiger partial charge on any atom is -0.307 e. The van der Waals surface area contributed by atoms with Crippen LogP contribution in [0.5, 0.6) is 0 Å². The van der Waals surface area contributed by atoms with Gasteiger partial charge in [0.25, 0.3) is 0 Å². The van der Waals surface area contributed by atoms with Crippen LogP contribution in [0.15, 0.2) is 0 Å². The van der Waals surface area contributed by atoms with E-state index in [2.05, 4.69) is 131 Å². The molecule has 0 amide bonds. The van der Waals surface area contributed by atoms with Crippen LogP contribution in [0.2, 0.25) is 0 Å². The van der Waals surface area contributed by atoms with Crippen LogP contribution in [-0.2, 0) is 0 Å². The maximum absolute atomic E-state index is 4.04. The van der Waals surface area contributed by atoms with Crippen molar-refractivity contribution in [2.45, 2.75) is 163 Å². The second-order valence-corrected chi connectivity index (χ2v) is 14.3. The van der Waals surface area contributed by atoms with E-state index >= 15 is 0 Å². The Balaban J connectivity index is 5.34. The Bertz CT molecular complexity index is 514. The maximum Gasteiger partial charge on any atom is 0.0170 e. The van der Waals surface area contributed by atoms with E-state index in [-0.39, 0.29) is 33.2 Å². The van der Waals surface area contributed by atoms with Crippen molar-refractivity contribution in [1.29, 1.82) is 0 Å².